The van der Waals surface area contributed by atoms with E-state index in [1.54, 1.807) is 7.11 Å². The molecule has 1 atom stereocenters. The fourth-order valence-electron chi connectivity index (χ4n) is 2.43. The second-order valence-electron chi connectivity index (χ2n) is 5.77. The van der Waals surface area contributed by atoms with Crippen LogP contribution < -0.4 is 5.32 Å². The maximum Gasteiger partial charge on any atom is 0.0775 e. The first kappa shape index (κ1) is 14.9. The summed E-state index contributed by atoms with van der Waals surface area (Å²) in [5, 5.41) is 3.55. The molecular weight excluding hydrogens is 212 g/mol. The van der Waals surface area contributed by atoms with Gasteiger partial charge in [0.05, 0.1) is 5.60 Å². The molecule has 0 amide bonds. The summed E-state index contributed by atoms with van der Waals surface area (Å²) in [5.74, 6) is 0. The van der Waals surface area contributed by atoms with Crippen LogP contribution in [0.2, 0.25) is 0 Å². The second kappa shape index (κ2) is 6.72. The van der Waals surface area contributed by atoms with Gasteiger partial charge in [-0.15, -0.1) is 0 Å². The van der Waals surface area contributed by atoms with Crippen LogP contribution in [0.15, 0.2) is 0 Å². The third-order valence-electron chi connectivity index (χ3n) is 4.28. The van der Waals surface area contributed by atoms with E-state index in [4.69, 9.17) is 4.74 Å². The summed E-state index contributed by atoms with van der Waals surface area (Å²) in [4.78, 5) is 2.51. The summed E-state index contributed by atoms with van der Waals surface area (Å²) < 4.78 is 5.60. The molecule has 1 aliphatic carbocycles. The molecule has 1 fully saturated rings. The number of ether oxygens (including phenoxy) is 1. The summed E-state index contributed by atoms with van der Waals surface area (Å²) in [5.41, 5.74) is -0.0868. The molecule has 3 nitrogen and oxygen atoms in total. The van der Waals surface area contributed by atoms with Gasteiger partial charge < -0.3 is 15.0 Å². The van der Waals surface area contributed by atoms with E-state index in [-0.39, 0.29) is 5.60 Å². The van der Waals surface area contributed by atoms with Gasteiger partial charge in [-0.25, -0.2) is 0 Å². The molecule has 1 aliphatic rings. The molecule has 1 N–H and O–H groups in total. The molecule has 1 rings (SSSR count). The van der Waals surface area contributed by atoms with E-state index in [0.717, 1.165) is 25.6 Å². The molecule has 0 bridgehead atoms. The summed E-state index contributed by atoms with van der Waals surface area (Å²) in [6.07, 6.45) is 5.34. The molecule has 0 saturated heterocycles. The normalized spacial score (nSPS) is 19.4. The van der Waals surface area contributed by atoms with Crippen molar-refractivity contribution < 1.29 is 4.74 Å². The van der Waals surface area contributed by atoms with Gasteiger partial charge in [0.1, 0.15) is 0 Å². The predicted molar refractivity (Wildman–Crippen MR) is 73.4 cm³/mol. The maximum atomic E-state index is 5.60. The average molecular weight is 242 g/mol. The lowest BCUT2D eigenvalue weighted by atomic mass is 9.90. The summed E-state index contributed by atoms with van der Waals surface area (Å²) in [6, 6.07) is 1.27. The van der Waals surface area contributed by atoms with Crippen LogP contribution in [-0.4, -0.2) is 49.8 Å². The quantitative estimate of drug-likeness (QED) is 0.706. The number of hydrogen-bond acceptors (Lipinski definition) is 3. The smallest absolute Gasteiger partial charge is 0.0775 e. The van der Waals surface area contributed by atoms with E-state index in [1.165, 1.54) is 19.3 Å². The summed E-state index contributed by atoms with van der Waals surface area (Å²) >= 11 is 0. The van der Waals surface area contributed by atoms with Gasteiger partial charge in [-0.1, -0.05) is 13.3 Å². The van der Waals surface area contributed by atoms with Crippen LogP contribution in [0, 0.1) is 0 Å². The lowest BCUT2D eigenvalue weighted by molar-refractivity contribution is -0.0156. The minimum absolute atomic E-state index is 0.0868. The Morgan fingerprint density at radius 3 is 2.47 bits per heavy atom. The van der Waals surface area contributed by atoms with E-state index in [9.17, 15) is 0 Å². The molecule has 1 unspecified atom stereocenters. The van der Waals surface area contributed by atoms with Crippen molar-refractivity contribution in [2.45, 2.75) is 64.1 Å². The molecule has 3 heteroatoms. The van der Waals surface area contributed by atoms with E-state index < -0.39 is 0 Å². The zero-order chi connectivity index (χ0) is 12.9. The lowest BCUT2D eigenvalue weighted by Gasteiger charge is -2.38. The molecule has 0 aromatic carbocycles. The van der Waals surface area contributed by atoms with Crippen molar-refractivity contribution in [3.63, 3.8) is 0 Å². The van der Waals surface area contributed by atoms with Crippen molar-refractivity contribution in [3.8, 4) is 0 Å². The first-order chi connectivity index (χ1) is 8.01. The van der Waals surface area contributed by atoms with Crippen LogP contribution in [-0.2, 0) is 4.74 Å². The van der Waals surface area contributed by atoms with Crippen molar-refractivity contribution in [1.29, 1.82) is 0 Å². The van der Waals surface area contributed by atoms with Gasteiger partial charge >= 0.3 is 0 Å². The molecule has 0 aromatic rings. The standard InChI is InChI=1S/C14H30N2O/c1-6-15-13(14(2,3)17-5)10-11-16(4)12-8-7-9-12/h12-13,15H,6-11H2,1-5H3. The van der Waals surface area contributed by atoms with Crippen LogP contribution in [0.3, 0.4) is 0 Å². The number of nitrogens with zero attached hydrogens (tertiary/aromatic N) is 1. The first-order valence-electron chi connectivity index (χ1n) is 7.00. The monoisotopic (exact) mass is 242 g/mol. The SMILES string of the molecule is CCNC(CCN(C)C1CCC1)C(C)(C)OC. The van der Waals surface area contributed by atoms with Crippen molar-refractivity contribution in [2.24, 2.45) is 0 Å². The molecule has 102 valence electrons. The average Bonchev–Trinajstić information content (AvgIpc) is 2.21. The number of hydrogen-bond donors (Lipinski definition) is 1. The van der Waals surface area contributed by atoms with Gasteiger partial charge in [-0.2, -0.15) is 0 Å². The van der Waals surface area contributed by atoms with Crippen LogP contribution in [0.4, 0.5) is 0 Å². The highest BCUT2D eigenvalue weighted by Crippen LogP contribution is 2.24. The highest BCUT2D eigenvalue weighted by atomic mass is 16.5. The summed E-state index contributed by atoms with van der Waals surface area (Å²) in [6.45, 7) is 8.67. The highest BCUT2D eigenvalue weighted by molar-refractivity contribution is 4.87. The van der Waals surface area contributed by atoms with Gasteiger partial charge in [-0.05, 0) is 53.2 Å². The maximum absolute atomic E-state index is 5.60. The third kappa shape index (κ3) is 4.23. The Morgan fingerprint density at radius 1 is 1.41 bits per heavy atom. The molecule has 0 aromatic heterocycles. The minimum Gasteiger partial charge on any atom is -0.377 e. The number of nitrogens with one attached hydrogen (secondary N) is 1. The van der Waals surface area contributed by atoms with Gasteiger partial charge in [0.15, 0.2) is 0 Å². The van der Waals surface area contributed by atoms with Crippen LogP contribution in [0.25, 0.3) is 0 Å². The topological polar surface area (TPSA) is 24.5 Å². The highest BCUT2D eigenvalue weighted by Gasteiger charge is 2.29. The largest absolute Gasteiger partial charge is 0.377 e. The molecule has 17 heavy (non-hydrogen) atoms. The van der Waals surface area contributed by atoms with Crippen LogP contribution in [0.1, 0.15) is 46.5 Å². The number of likely N-dealkylation sites (N-methyl/N-ethyl adjacent to an activating group) is 1. The fraction of sp³-hybridized carbons (Fsp3) is 1.00. The van der Waals surface area contributed by atoms with E-state index in [2.05, 4.69) is 38.0 Å². The van der Waals surface area contributed by atoms with Crippen LogP contribution in [0.5, 0.6) is 0 Å². The first-order valence-corrected chi connectivity index (χ1v) is 7.00. The molecule has 1 saturated carbocycles. The number of rotatable bonds is 8. The Morgan fingerprint density at radius 2 is 2.06 bits per heavy atom. The Balaban J connectivity index is 2.37. The van der Waals surface area contributed by atoms with Crippen molar-refractivity contribution in [2.75, 3.05) is 27.2 Å². The van der Waals surface area contributed by atoms with Gasteiger partial charge in [0, 0.05) is 19.2 Å². The zero-order valence-corrected chi connectivity index (χ0v) is 12.3. The Labute approximate surface area is 107 Å². The fourth-order valence-corrected chi connectivity index (χ4v) is 2.43. The molecule has 0 radical (unpaired) electrons. The van der Waals surface area contributed by atoms with E-state index in [1.807, 2.05) is 0 Å². The molecule has 0 heterocycles. The zero-order valence-electron chi connectivity index (χ0n) is 12.3. The van der Waals surface area contributed by atoms with Gasteiger partial charge in [0.25, 0.3) is 0 Å². The Bertz CT molecular complexity index is 214. The van der Waals surface area contributed by atoms with Gasteiger partial charge in [0.2, 0.25) is 0 Å². The van der Waals surface area contributed by atoms with Crippen LogP contribution >= 0.6 is 0 Å². The van der Waals surface area contributed by atoms with E-state index >= 15 is 0 Å². The third-order valence-corrected chi connectivity index (χ3v) is 4.28. The number of methoxy groups -OCH3 is 1. The van der Waals surface area contributed by atoms with Gasteiger partial charge in [-0.3, -0.25) is 0 Å². The molecular formula is C14H30N2O. The predicted octanol–water partition coefficient (Wildman–Crippen LogP) is 2.26. The lowest BCUT2D eigenvalue weighted by Crippen LogP contribution is -2.50. The second-order valence-corrected chi connectivity index (χ2v) is 5.77. The molecule has 0 aliphatic heterocycles. The Kier molecular flexibility index (Phi) is 5.90. The summed E-state index contributed by atoms with van der Waals surface area (Å²) in [7, 11) is 4.06. The van der Waals surface area contributed by atoms with Crippen molar-refractivity contribution in [3.05, 3.63) is 0 Å². The minimum atomic E-state index is -0.0868. The van der Waals surface area contributed by atoms with Crippen molar-refractivity contribution >= 4 is 0 Å². The molecule has 0 spiro atoms. The Hall–Kier alpha value is -0.120. The van der Waals surface area contributed by atoms with E-state index in [0.29, 0.717) is 6.04 Å². The van der Waals surface area contributed by atoms with Crippen molar-refractivity contribution in [1.82, 2.24) is 10.2 Å².